The number of carbonyl (C=O) groups is 2. The van der Waals surface area contributed by atoms with Crippen LogP contribution in [0.1, 0.15) is 47.0 Å². The second kappa shape index (κ2) is 6.45. The average Bonchev–Trinajstić information content (AvgIpc) is 3.15. The molecule has 5 nitrogen and oxygen atoms in total. The molecule has 2 fully saturated rings. The molecule has 2 saturated heterocycles. The Kier molecular flexibility index (Phi) is 4.62. The lowest BCUT2D eigenvalue weighted by atomic mass is 9.82. The lowest BCUT2D eigenvalue weighted by Gasteiger charge is -2.28. The molecule has 5 atom stereocenters. The molecule has 2 aliphatic heterocycles. The number of rotatable bonds is 2. The minimum Gasteiger partial charge on any atom is -0.458 e. The van der Waals surface area contributed by atoms with Gasteiger partial charge in [-0.15, -0.1) is 0 Å². The maximum atomic E-state index is 12.4. The predicted molar refractivity (Wildman–Crippen MR) is 92.7 cm³/mol. The summed E-state index contributed by atoms with van der Waals surface area (Å²) >= 11 is 0. The summed E-state index contributed by atoms with van der Waals surface area (Å²) in [6, 6.07) is 0. The highest BCUT2D eigenvalue weighted by Crippen LogP contribution is 2.49. The topological polar surface area (TPSA) is 65.1 Å². The number of hydrogen-bond donors (Lipinski definition) is 0. The van der Waals surface area contributed by atoms with Crippen molar-refractivity contribution in [1.82, 2.24) is 0 Å². The number of esters is 2. The van der Waals surface area contributed by atoms with Crippen LogP contribution in [0.5, 0.6) is 0 Å². The summed E-state index contributed by atoms with van der Waals surface area (Å²) in [7, 11) is 0. The fourth-order valence-corrected chi connectivity index (χ4v) is 3.76. The van der Waals surface area contributed by atoms with E-state index in [2.05, 4.69) is 12.7 Å². The van der Waals surface area contributed by atoms with E-state index < -0.39 is 12.1 Å². The summed E-state index contributed by atoms with van der Waals surface area (Å²) < 4.78 is 17.3. The van der Waals surface area contributed by atoms with Crippen LogP contribution in [0.25, 0.3) is 0 Å². The van der Waals surface area contributed by atoms with Gasteiger partial charge in [-0.25, -0.2) is 9.59 Å². The van der Waals surface area contributed by atoms with Crippen molar-refractivity contribution in [1.29, 1.82) is 0 Å². The highest BCUT2D eigenvalue weighted by atomic mass is 16.6. The van der Waals surface area contributed by atoms with Gasteiger partial charge in [0.1, 0.15) is 18.3 Å². The molecule has 1 aliphatic carbocycles. The minimum atomic E-state index is -0.567. The Labute approximate surface area is 148 Å². The molecule has 0 radical (unpaired) electrons. The molecule has 0 aromatic carbocycles. The Bertz CT molecular complexity index is 674. The lowest BCUT2D eigenvalue weighted by Crippen LogP contribution is -2.40. The Morgan fingerprint density at radius 3 is 2.88 bits per heavy atom. The molecule has 0 amide bonds. The third kappa shape index (κ3) is 3.30. The van der Waals surface area contributed by atoms with Gasteiger partial charge in [0.05, 0.1) is 11.5 Å². The van der Waals surface area contributed by atoms with E-state index >= 15 is 0 Å². The molecule has 3 aliphatic rings. The van der Waals surface area contributed by atoms with Crippen molar-refractivity contribution in [3.05, 3.63) is 35.5 Å². The zero-order chi connectivity index (χ0) is 18.4. The van der Waals surface area contributed by atoms with Gasteiger partial charge in [-0.2, -0.15) is 0 Å². The fraction of sp³-hybridized carbons (Fsp3) is 0.600. The van der Waals surface area contributed by atoms with E-state index in [0.717, 1.165) is 18.4 Å². The number of allylic oxidation sites excluding steroid dienone is 2. The molecule has 136 valence electrons. The van der Waals surface area contributed by atoms with Crippen LogP contribution < -0.4 is 0 Å². The van der Waals surface area contributed by atoms with Crippen molar-refractivity contribution < 1.29 is 23.8 Å². The molecular weight excluding hydrogens is 320 g/mol. The molecule has 2 heterocycles. The van der Waals surface area contributed by atoms with Crippen LogP contribution in [-0.2, 0) is 23.8 Å². The Hall–Kier alpha value is -1.88. The van der Waals surface area contributed by atoms with E-state index in [1.807, 2.05) is 13.8 Å². The quantitative estimate of drug-likeness (QED) is 0.332. The molecule has 25 heavy (non-hydrogen) atoms. The van der Waals surface area contributed by atoms with E-state index in [1.54, 1.807) is 19.9 Å². The monoisotopic (exact) mass is 346 g/mol. The van der Waals surface area contributed by atoms with Gasteiger partial charge in [-0.05, 0) is 40.5 Å². The number of carbonyl (C=O) groups excluding carboxylic acids is 2. The summed E-state index contributed by atoms with van der Waals surface area (Å²) in [6.07, 6.45) is 5.07. The third-order valence-electron chi connectivity index (χ3n) is 5.57. The second-order valence-electron chi connectivity index (χ2n) is 7.48. The van der Waals surface area contributed by atoms with E-state index in [1.165, 1.54) is 0 Å². The van der Waals surface area contributed by atoms with Crippen molar-refractivity contribution in [2.45, 2.75) is 70.9 Å². The van der Waals surface area contributed by atoms with Crippen molar-refractivity contribution in [2.24, 2.45) is 5.92 Å². The van der Waals surface area contributed by atoms with Gasteiger partial charge in [-0.3, -0.25) is 0 Å². The number of epoxide rings is 1. The molecule has 0 saturated carbocycles. The van der Waals surface area contributed by atoms with E-state index in [-0.39, 0.29) is 29.7 Å². The first-order valence-electron chi connectivity index (χ1n) is 8.84. The maximum Gasteiger partial charge on any atom is 0.334 e. The first kappa shape index (κ1) is 17.9. The summed E-state index contributed by atoms with van der Waals surface area (Å²) in [5.74, 6) is -1.18. The highest BCUT2D eigenvalue weighted by Gasteiger charge is 2.62. The highest BCUT2D eigenvalue weighted by molar-refractivity contribution is 5.91. The smallest absolute Gasteiger partial charge is 0.334 e. The van der Waals surface area contributed by atoms with Crippen LogP contribution in [0, 0.1) is 5.92 Å². The van der Waals surface area contributed by atoms with Crippen LogP contribution in [0.4, 0.5) is 0 Å². The van der Waals surface area contributed by atoms with Crippen LogP contribution in [0.3, 0.4) is 0 Å². The van der Waals surface area contributed by atoms with E-state index in [4.69, 9.17) is 14.2 Å². The molecule has 0 spiro atoms. The molecular formula is C20H26O5. The number of hydrogen-bond acceptors (Lipinski definition) is 5. The summed E-state index contributed by atoms with van der Waals surface area (Å²) in [5.41, 5.74) is 1.71. The van der Waals surface area contributed by atoms with Gasteiger partial charge < -0.3 is 14.2 Å². The predicted octanol–water partition coefficient (Wildman–Crippen LogP) is 3.25. The van der Waals surface area contributed by atoms with Gasteiger partial charge in [0.25, 0.3) is 0 Å². The Morgan fingerprint density at radius 2 is 2.20 bits per heavy atom. The van der Waals surface area contributed by atoms with Crippen LogP contribution in [0.15, 0.2) is 35.5 Å². The second-order valence-corrected chi connectivity index (χ2v) is 7.48. The standard InChI is InChI=1S/C20H26O5/c1-6-12(3)18(21)24-16-15-13(4)19(22)23-14(15)10-11(2)8-7-9-20(5)17(16)25-20/h6,8,14-17H,4,7,9-10H2,1-3,5H3/b11-8-,12-6-/t14-,15+,16-,17+,20+/m0/s1. The first-order chi connectivity index (χ1) is 11.8. The van der Waals surface area contributed by atoms with Gasteiger partial charge in [0.15, 0.2) is 0 Å². The molecule has 0 N–H and O–H groups in total. The molecule has 3 rings (SSSR count). The van der Waals surface area contributed by atoms with Crippen molar-refractivity contribution in [2.75, 3.05) is 0 Å². The summed E-state index contributed by atoms with van der Waals surface area (Å²) in [6.45, 7) is 11.5. The third-order valence-corrected chi connectivity index (χ3v) is 5.57. The largest absolute Gasteiger partial charge is 0.458 e. The van der Waals surface area contributed by atoms with Crippen molar-refractivity contribution in [3.63, 3.8) is 0 Å². The van der Waals surface area contributed by atoms with Crippen LogP contribution >= 0.6 is 0 Å². The molecule has 0 aromatic rings. The zero-order valence-corrected chi connectivity index (χ0v) is 15.3. The normalized spacial score (nSPS) is 40.3. The maximum absolute atomic E-state index is 12.4. The summed E-state index contributed by atoms with van der Waals surface area (Å²) in [4.78, 5) is 24.5. The fourth-order valence-electron chi connectivity index (χ4n) is 3.76. The Morgan fingerprint density at radius 1 is 1.48 bits per heavy atom. The van der Waals surface area contributed by atoms with Gasteiger partial charge in [0.2, 0.25) is 0 Å². The van der Waals surface area contributed by atoms with Crippen LogP contribution in [-0.4, -0.2) is 35.9 Å². The minimum absolute atomic E-state index is 0.244. The lowest BCUT2D eigenvalue weighted by molar-refractivity contribution is -0.149. The van der Waals surface area contributed by atoms with E-state index in [9.17, 15) is 9.59 Å². The van der Waals surface area contributed by atoms with Crippen LogP contribution in [0.2, 0.25) is 0 Å². The average molecular weight is 346 g/mol. The van der Waals surface area contributed by atoms with E-state index in [0.29, 0.717) is 17.6 Å². The zero-order valence-electron chi connectivity index (χ0n) is 15.3. The molecule has 0 unspecified atom stereocenters. The molecule has 0 bridgehead atoms. The van der Waals surface area contributed by atoms with Gasteiger partial charge in [0, 0.05) is 17.6 Å². The van der Waals surface area contributed by atoms with Crippen molar-refractivity contribution in [3.8, 4) is 0 Å². The van der Waals surface area contributed by atoms with Gasteiger partial charge >= 0.3 is 11.9 Å². The van der Waals surface area contributed by atoms with Gasteiger partial charge in [-0.1, -0.05) is 24.3 Å². The number of ether oxygens (including phenoxy) is 3. The summed E-state index contributed by atoms with van der Waals surface area (Å²) in [5, 5.41) is 0. The molecule has 0 aromatic heterocycles. The number of fused-ring (bicyclic) bond motifs is 2. The molecule has 5 heteroatoms. The Balaban J connectivity index is 1.96. The van der Waals surface area contributed by atoms with Crippen molar-refractivity contribution >= 4 is 11.9 Å². The SMILES string of the molecule is C=C1C(=O)O[C@H]2C/C(C)=C\CC[C@@]3(C)O[C@@H]3[C@@H](OC(=O)/C(C)=C\C)[C@H]12. The first-order valence-corrected chi connectivity index (χ1v) is 8.84.